The standard InChI is InChI=1S/C20H9F3N2O4/c21-15-13-14(20(27)12-7-2-1-6-11(12)19(13)26)16(22)18(17(15)23)24-9-4-3-5-10(8-9)25(28)29/h1-8,24H. The van der Waals surface area contributed by atoms with Gasteiger partial charge >= 0.3 is 0 Å². The molecule has 0 saturated heterocycles. The molecule has 1 aliphatic carbocycles. The quantitative estimate of drug-likeness (QED) is 0.311. The number of nitro groups is 1. The number of carbonyl (C=O) groups excluding carboxylic acids is 2. The van der Waals surface area contributed by atoms with Gasteiger partial charge in [-0.15, -0.1) is 0 Å². The van der Waals surface area contributed by atoms with Crippen molar-refractivity contribution in [3.63, 3.8) is 0 Å². The molecule has 0 unspecified atom stereocenters. The molecule has 4 rings (SSSR count). The summed E-state index contributed by atoms with van der Waals surface area (Å²) in [6.07, 6.45) is 0. The van der Waals surface area contributed by atoms with Crippen LogP contribution >= 0.6 is 0 Å². The van der Waals surface area contributed by atoms with Crippen LogP contribution < -0.4 is 5.32 Å². The Morgan fingerprint density at radius 1 is 0.793 bits per heavy atom. The lowest BCUT2D eigenvalue weighted by Gasteiger charge is -2.21. The van der Waals surface area contributed by atoms with E-state index in [-0.39, 0.29) is 22.5 Å². The summed E-state index contributed by atoms with van der Waals surface area (Å²) in [5, 5.41) is 13.1. The van der Waals surface area contributed by atoms with Gasteiger partial charge in [0, 0.05) is 28.9 Å². The Morgan fingerprint density at radius 2 is 1.38 bits per heavy atom. The van der Waals surface area contributed by atoms with Crippen LogP contribution in [0.5, 0.6) is 0 Å². The molecule has 3 aromatic carbocycles. The van der Waals surface area contributed by atoms with Gasteiger partial charge in [0.1, 0.15) is 5.69 Å². The van der Waals surface area contributed by atoms with E-state index < -0.39 is 50.8 Å². The highest BCUT2D eigenvalue weighted by Gasteiger charge is 2.38. The zero-order valence-electron chi connectivity index (χ0n) is 14.3. The zero-order chi connectivity index (χ0) is 20.9. The van der Waals surface area contributed by atoms with Crippen molar-refractivity contribution in [2.75, 3.05) is 5.32 Å². The number of nitro benzene ring substituents is 1. The molecule has 0 aliphatic heterocycles. The molecule has 3 aromatic rings. The van der Waals surface area contributed by atoms with Crippen LogP contribution in [0.1, 0.15) is 31.8 Å². The fraction of sp³-hybridized carbons (Fsp3) is 0. The molecule has 144 valence electrons. The summed E-state index contributed by atoms with van der Waals surface area (Å²) >= 11 is 0. The van der Waals surface area contributed by atoms with Crippen LogP contribution in [0.25, 0.3) is 0 Å². The minimum Gasteiger partial charge on any atom is -0.350 e. The Morgan fingerprint density at radius 3 is 1.97 bits per heavy atom. The summed E-state index contributed by atoms with van der Waals surface area (Å²) in [6.45, 7) is 0. The van der Waals surface area contributed by atoms with Crippen LogP contribution in [0.4, 0.5) is 30.2 Å². The monoisotopic (exact) mass is 398 g/mol. The van der Waals surface area contributed by atoms with E-state index in [1.807, 2.05) is 0 Å². The third kappa shape index (κ3) is 2.75. The van der Waals surface area contributed by atoms with Crippen LogP contribution in [0.15, 0.2) is 48.5 Å². The van der Waals surface area contributed by atoms with Crippen LogP contribution in [0.2, 0.25) is 0 Å². The molecular weight excluding hydrogens is 389 g/mol. The van der Waals surface area contributed by atoms with Gasteiger partial charge in [-0.25, -0.2) is 13.2 Å². The maximum atomic E-state index is 15.1. The van der Waals surface area contributed by atoms with Gasteiger partial charge in [0.25, 0.3) is 5.69 Å². The number of rotatable bonds is 3. The Bertz CT molecular complexity index is 1240. The number of anilines is 2. The van der Waals surface area contributed by atoms with Gasteiger partial charge in [0.05, 0.1) is 16.1 Å². The van der Waals surface area contributed by atoms with E-state index in [1.54, 1.807) is 0 Å². The number of halogens is 3. The molecule has 0 spiro atoms. The average Bonchev–Trinajstić information content (AvgIpc) is 2.72. The van der Waals surface area contributed by atoms with Crippen LogP contribution in [0, 0.1) is 27.6 Å². The second kappa shape index (κ2) is 6.55. The highest BCUT2D eigenvalue weighted by atomic mass is 19.2. The fourth-order valence-corrected chi connectivity index (χ4v) is 3.19. The number of hydrogen-bond acceptors (Lipinski definition) is 5. The number of ketones is 2. The first kappa shape index (κ1) is 18.4. The van der Waals surface area contributed by atoms with Crippen LogP contribution in [-0.2, 0) is 0 Å². The average molecular weight is 398 g/mol. The minimum atomic E-state index is -1.71. The van der Waals surface area contributed by atoms with Gasteiger partial charge in [0.2, 0.25) is 0 Å². The van der Waals surface area contributed by atoms with E-state index in [9.17, 15) is 28.5 Å². The molecule has 0 atom stereocenters. The lowest BCUT2D eigenvalue weighted by atomic mass is 9.83. The molecule has 0 amide bonds. The van der Waals surface area contributed by atoms with Crippen molar-refractivity contribution in [2.24, 2.45) is 0 Å². The number of hydrogen-bond donors (Lipinski definition) is 1. The smallest absolute Gasteiger partial charge is 0.271 e. The Balaban J connectivity index is 1.90. The molecule has 0 radical (unpaired) electrons. The summed E-state index contributed by atoms with van der Waals surface area (Å²) in [5.74, 6) is -6.82. The molecule has 0 saturated carbocycles. The predicted molar refractivity (Wildman–Crippen MR) is 96.0 cm³/mol. The highest BCUT2D eigenvalue weighted by molar-refractivity contribution is 6.28. The van der Waals surface area contributed by atoms with Gasteiger partial charge in [-0.05, 0) is 6.07 Å². The number of benzene rings is 3. The molecule has 1 N–H and O–H groups in total. The Hall–Kier alpha value is -4.01. The maximum Gasteiger partial charge on any atom is 0.271 e. The molecule has 1 aliphatic rings. The Kier molecular flexibility index (Phi) is 4.15. The van der Waals surface area contributed by atoms with Crippen molar-refractivity contribution in [2.45, 2.75) is 0 Å². The van der Waals surface area contributed by atoms with Crippen molar-refractivity contribution < 1.29 is 27.7 Å². The van der Waals surface area contributed by atoms with Crippen molar-refractivity contribution in [3.05, 3.63) is 98.4 Å². The molecule has 0 heterocycles. The fourth-order valence-electron chi connectivity index (χ4n) is 3.19. The van der Waals surface area contributed by atoms with Crippen LogP contribution in [-0.4, -0.2) is 16.5 Å². The van der Waals surface area contributed by atoms with Gasteiger partial charge in [-0.2, -0.15) is 0 Å². The first-order chi connectivity index (χ1) is 13.8. The minimum absolute atomic E-state index is 0.105. The van der Waals surface area contributed by atoms with E-state index >= 15 is 4.39 Å². The first-order valence-electron chi connectivity index (χ1n) is 8.21. The molecule has 9 heteroatoms. The molecule has 0 bridgehead atoms. The highest BCUT2D eigenvalue weighted by Crippen LogP contribution is 2.37. The zero-order valence-corrected chi connectivity index (χ0v) is 14.3. The number of nitrogens with zero attached hydrogens (tertiary/aromatic N) is 1. The van der Waals surface area contributed by atoms with Crippen molar-refractivity contribution >= 4 is 28.6 Å². The Labute approximate surface area is 160 Å². The van der Waals surface area contributed by atoms with E-state index in [0.717, 1.165) is 12.1 Å². The largest absolute Gasteiger partial charge is 0.350 e. The molecule has 0 aromatic heterocycles. The van der Waals surface area contributed by atoms with Crippen LogP contribution in [0.3, 0.4) is 0 Å². The van der Waals surface area contributed by atoms with E-state index in [0.29, 0.717) is 0 Å². The molecule has 6 nitrogen and oxygen atoms in total. The summed E-state index contributed by atoms with van der Waals surface area (Å²) in [4.78, 5) is 35.4. The topological polar surface area (TPSA) is 89.3 Å². The number of carbonyl (C=O) groups is 2. The number of non-ortho nitro benzene ring substituents is 1. The van der Waals surface area contributed by atoms with Crippen molar-refractivity contribution in [1.29, 1.82) is 0 Å². The molecular formula is C20H9F3N2O4. The molecule has 0 fully saturated rings. The predicted octanol–water partition coefficient (Wildman–Crippen LogP) is 4.53. The van der Waals surface area contributed by atoms with Gasteiger partial charge in [-0.1, -0.05) is 30.3 Å². The summed E-state index contributed by atoms with van der Waals surface area (Å²) in [6, 6.07) is 10.1. The van der Waals surface area contributed by atoms with Crippen molar-refractivity contribution in [3.8, 4) is 0 Å². The van der Waals surface area contributed by atoms with Gasteiger partial charge < -0.3 is 5.32 Å². The first-order valence-corrected chi connectivity index (χ1v) is 8.21. The van der Waals surface area contributed by atoms with Crippen molar-refractivity contribution in [1.82, 2.24) is 0 Å². The number of fused-ring (bicyclic) bond motifs is 2. The lowest BCUT2D eigenvalue weighted by molar-refractivity contribution is -0.384. The molecule has 29 heavy (non-hydrogen) atoms. The second-order valence-electron chi connectivity index (χ2n) is 6.20. The maximum absolute atomic E-state index is 15.1. The second-order valence-corrected chi connectivity index (χ2v) is 6.20. The summed E-state index contributed by atoms with van der Waals surface area (Å²) < 4.78 is 44.4. The summed E-state index contributed by atoms with van der Waals surface area (Å²) in [5.41, 5.74) is -3.64. The van der Waals surface area contributed by atoms with Gasteiger partial charge in [-0.3, -0.25) is 19.7 Å². The third-order valence-corrected chi connectivity index (χ3v) is 4.52. The third-order valence-electron chi connectivity index (χ3n) is 4.52. The SMILES string of the molecule is O=C1c2ccccc2C(=O)c2c(F)c(Nc3cccc([N+](=O)[O-])c3)c(F)c(F)c21. The van der Waals surface area contributed by atoms with E-state index in [2.05, 4.69) is 5.32 Å². The van der Waals surface area contributed by atoms with Gasteiger partial charge in [0.15, 0.2) is 29.0 Å². The van der Waals surface area contributed by atoms with E-state index in [1.165, 1.54) is 36.4 Å². The normalized spacial score (nSPS) is 12.4. The lowest BCUT2D eigenvalue weighted by Crippen LogP contribution is -2.25. The number of nitrogens with one attached hydrogen (secondary N) is 1. The summed E-state index contributed by atoms with van der Waals surface area (Å²) in [7, 11) is 0. The van der Waals surface area contributed by atoms with E-state index in [4.69, 9.17) is 0 Å².